The monoisotopic (exact) mass is 246 g/mol. The van der Waals surface area contributed by atoms with E-state index >= 15 is 0 Å². The Bertz CT molecular complexity index is 175. The van der Waals surface area contributed by atoms with Crippen LogP contribution in [0.25, 0.3) is 0 Å². The largest absolute Gasteiger partial charge is 0.382 e. The van der Waals surface area contributed by atoms with Gasteiger partial charge in [0.15, 0.2) is 0 Å². The van der Waals surface area contributed by atoms with Crippen molar-refractivity contribution in [3.8, 4) is 0 Å². The highest BCUT2D eigenvalue weighted by Gasteiger charge is 2.14. The van der Waals surface area contributed by atoms with Crippen LogP contribution in [0.1, 0.15) is 6.42 Å². The number of methoxy groups -OCH3 is 1. The van der Waals surface area contributed by atoms with Crippen molar-refractivity contribution in [1.82, 2.24) is 10.2 Å². The van der Waals surface area contributed by atoms with Crippen LogP contribution in [0.4, 0.5) is 0 Å². The maximum atomic E-state index is 5.66. The topological polar surface area (TPSA) is 43.0 Å². The van der Waals surface area contributed by atoms with Gasteiger partial charge in [-0.25, -0.2) is 0 Å². The molecule has 0 aromatic heterocycles. The maximum Gasteiger partial charge on any atom is 0.0826 e. The van der Waals surface area contributed by atoms with Crippen LogP contribution in [0.15, 0.2) is 0 Å². The van der Waals surface area contributed by atoms with Crippen molar-refractivity contribution in [2.24, 2.45) is 0 Å². The van der Waals surface area contributed by atoms with Crippen LogP contribution in [0, 0.1) is 0 Å². The molecule has 1 fully saturated rings. The summed E-state index contributed by atoms with van der Waals surface area (Å²) in [4.78, 5) is 2.30. The molecule has 1 aliphatic heterocycles. The van der Waals surface area contributed by atoms with Crippen molar-refractivity contribution in [2.75, 3.05) is 66.8 Å². The molecule has 0 spiro atoms. The third-order valence-electron chi connectivity index (χ3n) is 2.78. The van der Waals surface area contributed by atoms with E-state index in [0.29, 0.717) is 19.3 Å². The van der Waals surface area contributed by atoms with E-state index in [9.17, 15) is 0 Å². The number of likely N-dealkylation sites (N-methyl/N-ethyl adjacent to an activating group) is 1. The molecule has 0 amide bonds. The first-order chi connectivity index (χ1) is 8.33. The van der Waals surface area contributed by atoms with Gasteiger partial charge < -0.3 is 24.4 Å². The summed E-state index contributed by atoms with van der Waals surface area (Å²) in [5.41, 5.74) is 0. The Kier molecular flexibility index (Phi) is 8.56. The molecule has 1 saturated heterocycles. The molecule has 102 valence electrons. The van der Waals surface area contributed by atoms with E-state index < -0.39 is 0 Å². The standard InChI is InChI=1S/C12H26N2O3/c1-14(5-3-6-16-9-8-15-2)11-12-10-13-4-7-17-12/h12-13H,3-11H2,1-2H3. The zero-order valence-electron chi connectivity index (χ0n) is 11.1. The number of nitrogens with one attached hydrogen (secondary N) is 1. The summed E-state index contributed by atoms with van der Waals surface area (Å²) in [5.74, 6) is 0. The fourth-order valence-corrected chi connectivity index (χ4v) is 1.86. The molecule has 0 bridgehead atoms. The van der Waals surface area contributed by atoms with Gasteiger partial charge in [-0.15, -0.1) is 0 Å². The van der Waals surface area contributed by atoms with Crippen molar-refractivity contribution in [2.45, 2.75) is 12.5 Å². The van der Waals surface area contributed by atoms with Crippen molar-refractivity contribution in [3.05, 3.63) is 0 Å². The first-order valence-electron chi connectivity index (χ1n) is 6.40. The summed E-state index contributed by atoms with van der Waals surface area (Å²) in [6.07, 6.45) is 1.39. The lowest BCUT2D eigenvalue weighted by molar-refractivity contribution is 0.00789. The van der Waals surface area contributed by atoms with Crippen LogP contribution in [0.5, 0.6) is 0 Å². The average Bonchev–Trinajstić information content (AvgIpc) is 2.35. The minimum Gasteiger partial charge on any atom is -0.382 e. The van der Waals surface area contributed by atoms with Crippen molar-refractivity contribution in [1.29, 1.82) is 0 Å². The Balaban J connectivity index is 1.91. The first kappa shape index (κ1) is 14.9. The quantitative estimate of drug-likeness (QED) is 0.578. The molecule has 1 heterocycles. The third-order valence-corrected chi connectivity index (χ3v) is 2.78. The molecule has 0 aliphatic carbocycles. The lowest BCUT2D eigenvalue weighted by Gasteiger charge is -2.27. The van der Waals surface area contributed by atoms with Gasteiger partial charge in [-0.1, -0.05) is 0 Å². The van der Waals surface area contributed by atoms with E-state index in [0.717, 1.165) is 45.8 Å². The molecule has 5 heteroatoms. The summed E-state index contributed by atoms with van der Waals surface area (Å²) in [7, 11) is 3.82. The van der Waals surface area contributed by atoms with Crippen LogP contribution >= 0.6 is 0 Å². The van der Waals surface area contributed by atoms with Crippen LogP contribution < -0.4 is 5.32 Å². The van der Waals surface area contributed by atoms with Gasteiger partial charge in [-0.05, 0) is 13.5 Å². The summed E-state index contributed by atoms with van der Waals surface area (Å²) in [6, 6.07) is 0. The third kappa shape index (κ3) is 7.68. The maximum absolute atomic E-state index is 5.66. The number of hydrogen-bond donors (Lipinski definition) is 1. The number of nitrogens with zero attached hydrogens (tertiary/aromatic N) is 1. The molecule has 0 radical (unpaired) electrons. The van der Waals surface area contributed by atoms with Gasteiger partial charge in [0, 0.05) is 39.9 Å². The minimum atomic E-state index is 0.336. The van der Waals surface area contributed by atoms with E-state index in [4.69, 9.17) is 14.2 Å². The van der Waals surface area contributed by atoms with Crippen molar-refractivity contribution >= 4 is 0 Å². The Morgan fingerprint density at radius 1 is 1.35 bits per heavy atom. The lowest BCUT2D eigenvalue weighted by atomic mass is 10.3. The molecule has 0 aromatic carbocycles. The summed E-state index contributed by atoms with van der Waals surface area (Å²) in [6.45, 7) is 6.99. The van der Waals surface area contributed by atoms with Gasteiger partial charge in [0.2, 0.25) is 0 Å². The molecule has 5 nitrogen and oxygen atoms in total. The molecular formula is C12H26N2O3. The predicted octanol–water partition coefficient (Wildman–Crippen LogP) is -0.0403. The smallest absolute Gasteiger partial charge is 0.0826 e. The second-order valence-electron chi connectivity index (χ2n) is 4.42. The molecule has 1 atom stereocenters. The summed E-state index contributed by atoms with van der Waals surface area (Å²) in [5, 5.41) is 3.34. The number of rotatable bonds is 9. The molecule has 1 N–H and O–H groups in total. The van der Waals surface area contributed by atoms with Gasteiger partial charge >= 0.3 is 0 Å². The second-order valence-corrected chi connectivity index (χ2v) is 4.42. The first-order valence-corrected chi connectivity index (χ1v) is 6.40. The SMILES string of the molecule is COCCOCCCN(C)CC1CNCCO1. The van der Waals surface area contributed by atoms with Gasteiger partial charge in [0.1, 0.15) is 0 Å². The summed E-state index contributed by atoms with van der Waals surface area (Å²) < 4.78 is 16.0. The molecule has 1 rings (SSSR count). The van der Waals surface area contributed by atoms with Crippen LogP contribution in [0.2, 0.25) is 0 Å². The Morgan fingerprint density at radius 2 is 2.24 bits per heavy atom. The van der Waals surface area contributed by atoms with Gasteiger partial charge in [0.25, 0.3) is 0 Å². The van der Waals surface area contributed by atoms with E-state index in [1.54, 1.807) is 7.11 Å². The molecule has 1 unspecified atom stereocenters. The highest BCUT2D eigenvalue weighted by molar-refractivity contribution is 4.70. The predicted molar refractivity (Wildman–Crippen MR) is 67.4 cm³/mol. The van der Waals surface area contributed by atoms with E-state index in [1.807, 2.05) is 0 Å². The number of morpholine rings is 1. The molecule has 0 saturated carbocycles. The minimum absolute atomic E-state index is 0.336. The fraction of sp³-hybridized carbons (Fsp3) is 1.00. The van der Waals surface area contributed by atoms with E-state index in [-0.39, 0.29) is 0 Å². The van der Waals surface area contributed by atoms with Crippen molar-refractivity contribution in [3.63, 3.8) is 0 Å². The van der Waals surface area contributed by atoms with Crippen molar-refractivity contribution < 1.29 is 14.2 Å². The normalized spacial score (nSPS) is 21.0. The van der Waals surface area contributed by atoms with E-state index in [2.05, 4.69) is 17.3 Å². The highest BCUT2D eigenvalue weighted by atomic mass is 16.5. The second kappa shape index (κ2) is 9.79. The van der Waals surface area contributed by atoms with Gasteiger partial charge in [-0.2, -0.15) is 0 Å². The van der Waals surface area contributed by atoms with E-state index in [1.165, 1.54) is 0 Å². The zero-order valence-corrected chi connectivity index (χ0v) is 11.1. The fourth-order valence-electron chi connectivity index (χ4n) is 1.86. The zero-order chi connectivity index (χ0) is 12.3. The van der Waals surface area contributed by atoms with Crippen LogP contribution in [-0.4, -0.2) is 77.8 Å². The average molecular weight is 246 g/mol. The number of ether oxygens (including phenoxy) is 3. The molecule has 0 aromatic rings. The van der Waals surface area contributed by atoms with Gasteiger partial charge in [0.05, 0.1) is 25.9 Å². The lowest BCUT2D eigenvalue weighted by Crippen LogP contribution is -2.44. The molecule has 1 aliphatic rings. The Morgan fingerprint density at radius 3 is 2.94 bits per heavy atom. The van der Waals surface area contributed by atoms with Crippen LogP contribution in [0.3, 0.4) is 0 Å². The Labute approximate surface area is 104 Å². The number of hydrogen-bond acceptors (Lipinski definition) is 5. The van der Waals surface area contributed by atoms with Crippen LogP contribution in [-0.2, 0) is 14.2 Å². The Hall–Kier alpha value is -0.200. The molecular weight excluding hydrogens is 220 g/mol. The molecule has 17 heavy (non-hydrogen) atoms. The van der Waals surface area contributed by atoms with Gasteiger partial charge in [-0.3, -0.25) is 0 Å². The highest BCUT2D eigenvalue weighted by Crippen LogP contribution is 1.99. The summed E-state index contributed by atoms with van der Waals surface area (Å²) >= 11 is 0.